The molecule has 4 rings (SSSR count). The number of nitrogen functional groups attached to an aromatic ring is 1. The normalized spacial score (nSPS) is 21.2. The second kappa shape index (κ2) is 20.9. The Labute approximate surface area is 340 Å². The van der Waals surface area contributed by atoms with Gasteiger partial charge in [0.1, 0.15) is 36.3 Å². The number of aromatic nitrogens is 4. The average molecular weight is 912 g/mol. The Morgan fingerprint density at radius 3 is 2.42 bits per heavy atom. The van der Waals surface area contributed by atoms with E-state index in [4.69, 9.17) is 19.5 Å². The van der Waals surface area contributed by atoms with Crippen LogP contribution in [0, 0.1) is 5.41 Å². The molecule has 7 atom stereocenters. The van der Waals surface area contributed by atoms with E-state index in [0.717, 1.165) is 34.5 Å². The van der Waals surface area contributed by atoms with E-state index in [1.165, 1.54) is 19.9 Å². The Bertz CT molecular complexity index is 2110. The van der Waals surface area contributed by atoms with Crippen molar-refractivity contribution in [1.29, 1.82) is 0 Å². The summed E-state index contributed by atoms with van der Waals surface area (Å²) >= 11 is 1.02. The Morgan fingerprint density at radius 2 is 1.73 bits per heavy atom. The van der Waals surface area contributed by atoms with Crippen LogP contribution in [0.2, 0.25) is 0 Å². The van der Waals surface area contributed by atoms with Gasteiger partial charge in [-0.1, -0.05) is 62.0 Å². The fraction of sp³-hybridized carbons (Fsp3) is 0.484. The van der Waals surface area contributed by atoms with Crippen LogP contribution in [-0.2, 0) is 57.1 Å². The molecule has 0 spiro atoms. The zero-order valence-corrected chi connectivity index (χ0v) is 34.8. The molecule has 0 saturated carbocycles. The average Bonchev–Trinajstić information content (AvgIpc) is 3.71. The van der Waals surface area contributed by atoms with E-state index < -0.39 is 84.6 Å². The zero-order valence-electron chi connectivity index (χ0n) is 31.3. The lowest BCUT2D eigenvalue weighted by molar-refractivity contribution is -0.137. The first-order valence-electron chi connectivity index (χ1n) is 17.3. The number of aliphatic hydroxyl groups excluding tert-OH is 2. The lowest BCUT2D eigenvalue weighted by Crippen LogP contribution is -2.46. The number of allylic oxidation sites excluding steroid dienone is 1. The maximum atomic E-state index is 12.7. The highest BCUT2D eigenvalue weighted by molar-refractivity contribution is 8.14. The van der Waals surface area contributed by atoms with Crippen LogP contribution < -0.4 is 16.4 Å². The number of rotatable bonds is 22. The summed E-state index contributed by atoms with van der Waals surface area (Å²) in [5, 5.41) is 26.2. The van der Waals surface area contributed by atoms with Crippen LogP contribution in [-0.4, -0.2) is 123 Å². The van der Waals surface area contributed by atoms with Crippen LogP contribution in [0.25, 0.3) is 11.2 Å². The highest BCUT2D eigenvalue weighted by Crippen LogP contribution is 2.61. The molecule has 24 nitrogen and oxygen atoms in total. The minimum absolute atomic E-state index is 0.0288. The molecule has 0 bridgehead atoms. The summed E-state index contributed by atoms with van der Waals surface area (Å²) in [6.45, 7) is 0.446. The van der Waals surface area contributed by atoms with Crippen LogP contribution in [0.1, 0.15) is 32.1 Å². The number of aliphatic hydroxyl groups is 2. The van der Waals surface area contributed by atoms with Crippen molar-refractivity contribution >= 4 is 69.1 Å². The number of ether oxygens (including phenoxy) is 1. The number of hydrogen-bond donors (Lipinski definition) is 9. The number of amides is 2. The largest absolute Gasteiger partial charge is 0.481 e. The number of nitrogens with two attached hydrogens (primary N) is 1. The molecular weight excluding hydrogens is 867 g/mol. The van der Waals surface area contributed by atoms with Crippen LogP contribution >= 0.6 is 35.2 Å². The Hall–Kier alpha value is -3.48. The highest BCUT2D eigenvalue weighted by atomic mass is 32.2. The third kappa shape index (κ3) is 14.9. The summed E-state index contributed by atoms with van der Waals surface area (Å²) in [5.41, 5.74) is 5.31. The van der Waals surface area contributed by atoms with E-state index in [9.17, 15) is 57.9 Å². The van der Waals surface area contributed by atoms with Crippen molar-refractivity contribution in [1.82, 2.24) is 30.2 Å². The first-order valence-corrected chi connectivity index (χ1v) is 22.8. The third-order valence-electron chi connectivity index (χ3n) is 8.20. The lowest BCUT2D eigenvalue weighted by atomic mass is 9.87. The Kier molecular flexibility index (Phi) is 17.0. The minimum Gasteiger partial charge on any atom is -0.386 e. The maximum absolute atomic E-state index is 12.7. The number of phosphoric ester groups is 3. The van der Waals surface area contributed by atoms with Crippen molar-refractivity contribution in [2.75, 3.05) is 37.8 Å². The van der Waals surface area contributed by atoms with Crippen molar-refractivity contribution in [3.8, 4) is 0 Å². The van der Waals surface area contributed by atoms with Gasteiger partial charge < -0.3 is 50.9 Å². The van der Waals surface area contributed by atoms with Crippen molar-refractivity contribution in [3.63, 3.8) is 0 Å². The second-order valence-electron chi connectivity index (χ2n) is 13.3. The summed E-state index contributed by atoms with van der Waals surface area (Å²) in [6, 6.07) is 9.58. The quantitative estimate of drug-likeness (QED) is 0.0376. The molecule has 1 saturated heterocycles. The third-order valence-corrected chi connectivity index (χ3v) is 12.1. The zero-order chi connectivity index (χ0) is 43.6. The van der Waals surface area contributed by atoms with Gasteiger partial charge in [-0.15, -0.1) is 0 Å². The second-order valence-corrected chi connectivity index (χ2v) is 18.7. The number of fused-ring (bicyclic) bond motifs is 1. The van der Waals surface area contributed by atoms with Gasteiger partial charge in [-0.05, 0) is 18.1 Å². The van der Waals surface area contributed by atoms with Crippen molar-refractivity contribution < 1.29 is 80.5 Å². The summed E-state index contributed by atoms with van der Waals surface area (Å²) in [4.78, 5) is 87.8. The van der Waals surface area contributed by atoms with E-state index in [-0.39, 0.29) is 41.6 Å². The summed E-state index contributed by atoms with van der Waals surface area (Å²) in [6.07, 6.45) is -3.13. The number of imidazole rings is 1. The van der Waals surface area contributed by atoms with Gasteiger partial charge in [-0.3, -0.25) is 32.5 Å². The molecule has 1 aliphatic rings. The Morgan fingerprint density at radius 1 is 1.03 bits per heavy atom. The molecule has 1 aromatic carbocycles. The molecular formula is C31H44N7O17P3S. The summed E-state index contributed by atoms with van der Waals surface area (Å²) in [5.74, 6) is -1.17. The predicted octanol–water partition coefficient (Wildman–Crippen LogP) is 0.464. The molecule has 1 aliphatic heterocycles. The Balaban J connectivity index is 1.20. The number of anilines is 1. The maximum Gasteiger partial charge on any atom is 0.481 e. The monoisotopic (exact) mass is 911 g/mol. The van der Waals surface area contributed by atoms with E-state index in [2.05, 4.69) is 34.4 Å². The molecule has 10 N–H and O–H groups in total. The van der Waals surface area contributed by atoms with Gasteiger partial charge >= 0.3 is 23.5 Å². The number of carbonyl (C=O) groups is 3. The molecule has 3 heterocycles. The van der Waals surface area contributed by atoms with Gasteiger partial charge in [-0.25, -0.2) is 28.6 Å². The number of nitrogens with zero attached hydrogens (tertiary/aromatic N) is 4. The summed E-state index contributed by atoms with van der Waals surface area (Å²) < 4.78 is 62.2. The van der Waals surface area contributed by atoms with E-state index in [0.29, 0.717) is 12.2 Å². The van der Waals surface area contributed by atoms with Gasteiger partial charge in [0.2, 0.25) is 16.9 Å². The number of thioether (sulfide) groups is 1. The van der Waals surface area contributed by atoms with Gasteiger partial charge in [0.05, 0.1) is 19.5 Å². The van der Waals surface area contributed by atoms with Gasteiger partial charge in [-0.2, -0.15) is 4.31 Å². The van der Waals surface area contributed by atoms with E-state index in [1.54, 1.807) is 6.08 Å². The molecule has 28 heteroatoms. The van der Waals surface area contributed by atoms with E-state index >= 15 is 0 Å². The van der Waals surface area contributed by atoms with Crippen LogP contribution in [0.4, 0.5) is 5.82 Å². The lowest BCUT2D eigenvalue weighted by Gasteiger charge is -2.30. The SMILES string of the molecule is CC(C)(COP(=O)(O)OP(=O)(O)OC[C@H]1O[C@@H](n2cnc3c(N)ncnc32)[C@H](O)[C@@H]1OP(=O)(O)O)[C@@H](O)C(=O)NCCC(=O)NCCSC(=O)C=CCc1ccccc1. The molecule has 2 amide bonds. The van der Waals surface area contributed by atoms with Crippen molar-refractivity contribution in [2.24, 2.45) is 5.41 Å². The number of phosphoric acid groups is 3. The summed E-state index contributed by atoms with van der Waals surface area (Å²) in [7, 11) is -16.4. The number of nitrogens with one attached hydrogen (secondary N) is 2. The molecule has 0 aliphatic carbocycles. The molecule has 2 unspecified atom stereocenters. The number of benzene rings is 1. The van der Waals surface area contributed by atoms with Gasteiger partial charge in [0.15, 0.2) is 17.7 Å². The van der Waals surface area contributed by atoms with E-state index in [1.807, 2.05) is 30.3 Å². The molecule has 326 valence electrons. The first kappa shape index (κ1) is 48.2. The van der Waals surface area contributed by atoms with Crippen LogP contribution in [0.15, 0.2) is 55.1 Å². The highest BCUT2D eigenvalue weighted by Gasteiger charge is 2.50. The fourth-order valence-corrected chi connectivity index (χ4v) is 8.66. The number of carbonyl (C=O) groups excluding carboxylic acids is 3. The number of hydrogen-bond acceptors (Lipinski definition) is 18. The standard InChI is InChI=1S/C31H44N7O17P3S/c1-31(2,26(42)29(43)34-12-11-21(39)33-13-14-59-22(40)10-6-9-19-7-4-3-5-8-19)16-52-58(49,50)55-57(47,48)51-15-20-25(54-56(44,45)46)24(41)30(53-20)38-18-37-23-27(32)35-17-36-28(23)38/h3-8,10,17-18,20,24-26,30,41-42H,9,11-16H2,1-2H3,(H,33,39)(H,34,43)(H,47,48)(H,49,50)(H2,32,35,36)(H2,44,45,46)/t20-,24-,25-,26+,30-/m1/s1. The van der Waals surface area contributed by atoms with Gasteiger partial charge in [0, 0.05) is 30.7 Å². The minimum atomic E-state index is -5.58. The molecule has 3 aromatic rings. The predicted molar refractivity (Wildman–Crippen MR) is 206 cm³/mol. The van der Waals surface area contributed by atoms with Crippen LogP contribution in [0.3, 0.4) is 0 Å². The van der Waals surface area contributed by atoms with Crippen molar-refractivity contribution in [2.45, 2.75) is 57.3 Å². The molecule has 0 radical (unpaired) electrons. The van der Waals surface area contributed by atoms with Crippen LogP contribution in [0.5, 0.6) is 0 Å². The smallest absolute Gasteiger partial charge is 0.386 e. The molecule has 59 heavy (non-hydrogen) atoms. The van der Waals surface area contributed by atoms with Gasteiger partial charge in [0.25, 0.3) is 0 Å². The first-order chi connectivity index (χ1) is 27.6. The fourth-order valence-electron chi connectivity index (χ4n) is 5.24. The molecule has 2 aromatic heterocycles. The topological polar surface area (TPSA) is 364 Å². The molecule has 1 fully saturated rings. The van der Waals surface area contributed by atoms with Crippen molar-refractivity contribution in [3.05, 3.63) is 60.7 Å².